The minimum atomic E-state index is -2.59. The van der Waals surface area contributed by atoms with E-state index in [2.05, 4.69) is 13.3 Å². The third-order valence-corrected chi connectivity index (χ3v) is 8.02. The molecule has 0 fully saturated rings. The van der Waals surface area contributed by atoms with Crippen molar-refractivity contribution < 1.29 is 23.5 Å². The minimum absolute atomic E-state index is 0.106. The Hall–Kier alpha value is 0.130. The van der Waals surface area contributed by atoms with Crippen LogP contribution in [0.3, 0.4) is 0 Å². The monoisotopic (exact) mass is 356 g/mol. The predicted octanol–water partition coefficient (Wildman–Crippen LogP) is 2.71. The van der Waals surface area contributed by atoms with Gasteiger partial charge in [-0.1, -0.05) is 0 Å². The van der Waals surface area contributed by atoms with E-state index in [-0.39, 0.29) is 5.97 Å². The standard InChI is InChI=1S/C15H33O5PS/c1-6-18-10-12-21(3,4,13-11-19-9-8-17-2)20-15(16)7-14-22-5/h6-14H2,1-5H3. The summed E-state index contributed by atoms with van der Waals surface area (Å²) in [6.45, 7) is 6.60. The van der Waals surface area contributed by atoms with Gasteiger partial charge >= 0.3 is 139 Å². The zero-order valence-electron chi connectivity index (χ0n) is 14.8. The van der Waals surface area contributed by atoms with Crippen molar-refractivity contribution in [1.29, 1.82) is 0 Å². The molecule has 0 aromatic heterocycles. The molecule has 0 aromatic carbocycles. The van der Waals surface area contributed by atoms with Gasteiger partial charge in [-0.05, 0) is 0 Å². The Bertz CT molecular complexity index is 312. The average molecular weight is 356 g/mol. The molecule has 0 aliphatic rings. The first-order valence-corrected chi connectivity index (χ1v) is 12.5. The Labute approximate surface area is 139 Å². The van der Waals surface area contributed by atoms with Crippen molar-refractivity contribution in [3.05, 3.63) is 0 Å². The number of methoxy groups -OCH3 is 1. The van der Waals surface area contributed by atoms with Gasteiger partial charge in [0.2, 0.25) is 0 Å². The van der Waals surface area contributed by atoms with E-state index < -0.39 is 6.83 Å². The third kappa shape index (κ3) is 10.8. The van der Waals surface area contributed by atoms with Crippen LogP contribution in [0.1, 0.15) is 13.3 Å². The Balaban J connectivity index is 4.55. The molecule has 0 saturated heterocycles. The number of ether oxygens (including phenoxy) is 3. The average Bonchev–Trinajstić information content (AvgIpc) is 2.45. The molecule has 0 unspecified atom stereocenters. The van der Waals surface area contributed by atoms with Gasteiger partial charge in [-0.3, -0.25) is 0 Å². The second kappa shape index (κ2) is 11.6. The van der Waals surface area contributed by atoms with E-state index in [0.717, 1.165) is 18.1 Å². The fraction of sp³-hybridized carbons (Fsp3) is 0.933. The SMILES string of the molecule is CCOCCP(C)(C)(CCOCCOC)OC(=O)CCSC. The molecular weight excluding hydrogens is 323 g/mol. The maximum absolute atomic E-state index is 12.1. The van der Waals surface area contributed by atoms with E-state index in [1.54, 1.807) is 18.9 Å². The van der Waals surface area contributed by atoms with Crippen molar-refractivity contribution in [1.82, 2.24) is 0 Å². The van der Waals surface area contributed by atoms with Crippen molar-refractivity contribution in [3.63, 3.8) is 0 Å². The summed E-state index contributed by atoms with van der Waals surface area (Å²) in [6.07, 6.45) is 3.98. The van der Waals surface area contributed by atoms with Crippen LogP contribution in [0.5, 0.6) is 0 Å². The van der Waals surface area contributed by atoms with Gasteiger partial charge in [0.15, 0.2) is 0 Å². The fourth-order valence-electron chi connectivity index (χ4n) is 1.87. The van der Waals surface area contributed by atoms with Gasteiger partial charge in [-0.15, -0.1) is 0 Å². The molecule has 0 N–H and O–H groups in total. The van der Waals surface area contributed by atoms with Gasteiger partial charge in [0, 0.05) is 0 Å². The summed E-state index contributed by atoms with van der Waals surface area (Å²) < 4.78 is 22.0. The topological polar surface area (TPSA) is 54.0 Å². The van der Waals surface area contributed by atoms with Crippen LogP contribution in [0.15, 0.2) is 0 Å². The summed E-state index contributed by atoms with van der Waals surface area (Å²) >= 11 is 1.65. The molecule has 0 rings (SSSR count). The van der Waals surface area contributed by atoms with Crippen LogP contribution < -0.4 is 0 Å². The van der Waals surface area contributed by atoms with Gasteiger partial charge in [-0.2, -0.15) is 0 Å². The van der Waals surface area contributed by atoms with Crippen LogP contribution in [-0.2, 0) is 23.5 Å². The van der Waals surface area contributed by atoms with Gasteiger partial charge in [0.05, 0.1) is 0 Å². The Morgan fingerprint density at radius 1 is 1.05 bits per heavy atom. The summed E-state index contributed by atoms with van der Waals surface area (Å²) in [5, 5.41) is 0. The van der Waals surface area contributed by atoms with E-state index in [1.807, 2.05) is 13.2 Å². The quantitative estimate of drug-likeness (QED) is 0.352. The number of thioether (sulfide) groups is 1. The van der Waals surface area contributed by atoms with Crippen molar-refractivity contribution in [2.24, 2.45) is 0 Å². The number of rotatable bonds is 14. The van der Waals surface area contributed by atoms with Crippen molar-refractivity contribution in [2.45, 2.75) is 13.3 Å². The molecule has 0 atom stereocenters. The molecule has 5 nitrogen and oxygen atoms in total. The van der Waals surface area contributed by atoms with Gasteiger partial charge < -0.3 is 0 Å². The maximum atomic E-state index is 12.1. The first-order chi connectivity index (χ1) is 10.4. The van der Waals surface area contributed by atoms with Crippen LogP contribution in [0, 0.1) is 0 Å². The predicted molar refractivity (Wildman–Crippen MR) is 96.8 cm³/mol. The van der Waals surface area contributed by atoms with E-state index >= 15 is 0 Å². The molecule has 22 heavy (non-hydrogen) atoms. The van der Waals surface area contributed by atoms with Gasteiger partial charge in [0.25, 0.3) is 0 Å². The second-order valence-corrected chi connectivity index (χ2v) is 13.2. The molecule has 0 spiro atoms. The first kappa shape index (κ1) is 22.1. The van der Waals surface area contributed by atoms with Crippen LogP contribution in [0.2, 0.25) is 0 Å². The molecule has 0 radical (unpaired) electrons. The number of carbonyl (C=O) groups excluding carboxylic acids is 1. The third-order valence-electron chi connectivity index (χ3n) is 3.42. The molecule has 0 aliphatic heterocycles. The van der Waals surface area contributed by atoms with Crippen molar-refractivity contribution in [3.8, 4) is 0 Å². The van der Waals surface area contributed by atoms with Crippen LogP contribution >= 0.6 is 18.6 Å². The normalized spacial score (nSPS) is 13.6. The zero-order chi connectivity index (χ0) is 16.9. The number of carbonyl (C=O) groups is 1. The molecule has 134 valence electrons. The summed E-state index contributed by atoms with van der Waals surface area (Å²) in [7, 11) is 1.65. The number of hydrogen-bond donors (Lipinski definition) is 0. The molecular formula is C15H33O5PS. The van der Waals surface area contributed by atoms with Crippen LogP contribution in [0.25, 0.3) is 0 Å². The molecule has 0 aliphatic carbocycles. The summed E-state index contributed by atoms with van der Waals surface area (Å²) in [6, 6.07) is 0. The molecule has 0 saturated carbocycles. The van der Waals surface area contributed by atoms with Gasteiger partial charge in [0.1, 0.15) is 0 Å². The molecule has 7 heteroatoms. The second-order valence-electron chi connectivity index (χ2n) is 6.01. The first-order valence-electron chi connectivity index (χ1n) is 7.73. The molecule has 0 bridgehead atoms. The van der Waals surface area contributed by atoms with E-state index in [4.69, 9.17) is 18.7 Å². The number of hydrogen-bond acceptors (Lipinski definition) is 6. The summed E-state index contributed by atoms with van der Waals surface area (Å²) in [5.74, 6) is 0.687. The van der Waals surface area contributed by atoms with E-state index in [9.17, 15) is 4.79 Å². The van der Waals surface area contributed by atoms with Crippen LogP contribution in [-0.4, -0.2) is 83.8 Å². The van der Waals surface area contributed by atoms with Crippen molar-refractivity contribution >= 4 is 24.6 Å². The summed E-state index contributed by atoms with van der Waals surface area (Å²) in [5.41, 5.74) is 0. The summed E-state index contributed by atoms with van der Waals surface area (Å²) in [4.78, 5) is 12.1. The Kier molecular flexibility index (Phi) is 11.7. The fourth-order valence-corrected chi connectivity index (χ4v) is 4.83. The van der Waals surface area contributed by atoms with Crippen molar-refractivity contribution in [2.75, 3.05) is 77.8 Å². The molecule has 0 heterocycles. The van der Waals surface area contributed by atoms with E-state index in [0.29, 0.717) is 39.5 Å². The molecule has 0 amide bonds. The Morgan fingerprint density at radius 3 is 2.23 bits per heavy atom. The van der Waals surface area contributed by atoms with Crippen LogP contribution in [0.4, 0.5) is 0 Å². The molecule has 0 aromatic rings. The Morgan fingerprint density at radius 2 is 1.68 bits per heavy atom. The van der Waals surface area contributed by atoms with Gasteiger partial charge in [-0.25, -0.2) is 0 Å². The zero-order valence-corrected chi connectivity index (χ0v) is 16.5. The van der Waals surface area contributed by atoms with E-state index in [1.165, 1.54) is 0 Å².